The summed E-state index contributed by atoms with van der Waals surface area (Å²) in [7, 11) is 0. The van der Waals surface area contributed by atoms with Gasteiger partial charge in [0.2, 0.25) is 0 Å². The van der Waals surface area contributed by atoms with Crippen molar-refractivity contribution < 1.29 is 9.90 Å². The van der Waals surface area contributed by atoms with Gasteiger partial charge in [0.05, 0.1) is 22.5 Å². The van der Waals surface area contributed by atoms with E-state index in [0.717, 1.165) is 41.8 Å². The number of carbonyl (C=O) groups is 1. The zero-order valence-corrected chi connectivity index (χ0v) is 20.8. The average molecular weight is 505 g/mol. The fraction of sp³-hybridized carbons (Fsp3) is 0.231. The van der Waals surface area contributed by atoms with Crippen molar-refractivity contribution in [3.8, 4) is 11.4 Å². The van der Waals surface area contributed by atoms with Crippen LogP contribution >= 0.6 is 23.1 Å². The van der Waals surface area contributed by atoms with E-state index in [1.54, 1.807) is 47.1 Å². The van der Waals surface area contributed by atoms with Crippen molar-refractivity contribution >= 4 is 44.9 Å². The van der Waals surface area contributed by atoms with Gasteiger partial charge in [-0.1, -0.05) is 42.1 Å². The van der Waals surface area contributed by atoms with Crippen molar-refractivity contribution in [1.29, 1.82) is 0 Å². The predicted octanol–water partition coefficient (Wildman–Crippen LogP) is 4.66. The van der Waals surface area contributed by atoms with Crippen LogP contribution in [-0.2, 0) is 17.6 Å². The molecule has 2 N–H and O–H groups in total. The van der Waals surface area contributed by atoms with Gasteiger partial charge in [-0.2, -0.15) is 5.10 Å². The number of rotatable bonds is 6. The van der Waals surface area contributed by atoms with Gasteiger partial charge in [0.25, 0.3) is 11.5 Å². The van der Waals surface area contributed by atoms with E-state index < -0.39 is 0 Å². The second-order valence-corrected chi connectivity index (χ2v) is 10.3. The van der Waals surface area contributed by atoms with E-state index in [1.807, 2.05) is 30.3 Å². The standard InChI is InChI=1S/C26H24N4O3S2/c1-16(18-11-5-7-13-20(18)31)28-29-22(32)15-34-26-27-24-23(19-12-6-8-14-21(19)35-24)25(33)30(26)17-9-3-2-4-10-17/h2-5,7,9-11,13,31H,6,8,12,14-15H2,1H3,(H,29,32)/b28-16-. The van der Waals surface area contributed by atoms with Crippen LogP contribution in [0.1, 0.15) is 35.8 Å². The Balaban J connectivity index is 1.44. The molecule has 0 saturated heterocycles. The predicted molar refractivity (Wildman–Crippen MR) is 141 cm³/mol. The van der Waals surface area contributed by atoms with E-state index in [9.17, 15) is 14.7 Å². The maximum Gasteiger partial charge on any atom is 0.267 e. The molecule has 178 valence electrons. The number of thiophene rings is 1. The van der Waals surface area contributed by atoms with Crippen LogP contribution in [0.15, 0.2) is 69.6 Å². The number of fused-ring (bicyclic) bond motifs is 3. The summed E-state index contributed by atoms with van der Waals surface area (Å²) in [5.74, 6) is -0.197. The number of nitrogens with one attached hydrogen (secondary N) is 1. The van der Waals surface area contributed by atoms with Crippen LogP contribution in [-0.4, -0.2) is 32.0 Å². The fourth-order valence-corrected chi connectivity index (χ4v) is 6.34. The lowest BCUT2D eigenvalue weighted by Gasteiger charge is -2.13. The number of hydrogen-bond donors (Lipinski definition) is 2. The quantitative estimate of drug-likeness (QED) is 0.172. The van der Waals surface area contributed by atoms with Gasteiger partial charge in [0, 0.05) is 10.4 Å². The van der Waals surface area contributed by atoms with Crippen LogP contribution in [0.4, 0.5) is 0 Å². The smallest absolute Gasteiger partial charge is 0.267 e. The van der Waals surface area contributed by atoms with Crippen LogP contribution in [0.25, 0.3) is 15.9 Å². The average Bonchev–Trinajstić information content (AvgIpc) is 3.25. The Bertz CT molecular complexity index is 1490. The molecule has 0 aliphatic heterocycles. The SMILES string of the molecule is C/C(=N/NC(=O)CSc1nc2sc3c(c2c(=O)n1-c1ccccc1)CCCC3)c1ccccc1O. The number of phenolic OH excluding ortho intramolecular Hbond substituents is 1. The molecule has 1 aliphatic carbocycles. The zero-order chi connectivity index (χ0) is 24.4. The minimum absolute atomic E-state index is 0.0351. The Morgan fingerprint density at radius 2 is 1.89 bits per heavy atom. The van der Waals surface area contributed by atoms with Crippen molar-refractivity contribution in [1.82, 2.24) is 15.0 Å². The lowest BCUT2D eigenvalue weighted by molar-refractivity contribution is -0.118. The van der Waals surface area contributed by atoms with Crippen LogP contribution in [0, 0.1) is 0 Å². The lowest BCUT2D eigenvalue weighted by Crippen LogP contribution is -2.24. The summed E-state index contributed by atoms with van der Waals surface area (Å²) in [5.41, 5.74) is 5.35. The highest BCUT2D eigenvalue weighted by Crippen LogP contribution is 2.35. The van der Waals surface area contributed by atoms with Gasteiger partial charge in [0.15, 0.2) is 5.16 Å². The molecule has 35 heavy (non-hydrogen) atoms. The number of amides is 1. The number of aromatic hydroxyl groups is 1. The number of hydrazone groups is 1. The lowest BCUT2D eigenvalue weighted by atomic mass is 9.97. The van der Waals surface area contributed by atoms with Gasteiger partial charge in [-0.25, -0.2) is 10.4 Å². The summed E-state index contributed by atoms with van der Waals surface area (Å²) < 4.78 is 1.61. The van der Waals surface area contributed by atoms with Gasteiger partial charge < -0.3 is 5.11 Å². The molecule has 2 aromatic heterocycles. The second-order valence-electron chi connectivity index (χ2n) is 8.30. The minimum Gasteiger partial charge on any atom is -0.507 e. The number of carbonyl (C=O) groups excluding carboxylic acids is 1. The third-order valence-corrected chi connectivity index (χ3v) is 8.07. The summed E-state index contributed by atoms with van der Waals surface area (Å²) >= 11 is 2.80. The van der Waals surface area contributed by atoms with E-state index in [2.05, 4.69) is 10.5 Å². The first kappa shape index (κ1) is 23.3. The monoisotopic (exact) mass is 504 g/mol. The molecule has 0 spiro atoms. The second kappa shape index (κ2) is 10.1. The molecule has 1 amide bonds. The van der Waals surface area contributed by atoms with Gasteiger partial charge in [-0.15, -0.1) is 11.3 Å². The van der Waals surface area contributed by atoms with E-state index in [1.165, 1.54) is 16.6 Å². The summed E-state index contributed by atoms with van der Waals surface area (Å²) in [6.45, 7) is 1.71. The maximum absolute atomic E-state index is 13.7. The zero-order valence-electron chi connectivity index (χ0n) is 19.2. The van der Waals surface area contributed by atoms with Crippen LogP contribution in [0.3, 0.4) is 0 Å². The topological polar surface area (TPSA) is 96.6 Å². The molecule has 2 heterocycles. The van der Waals surface area contributed by atoms with Crippen molar-refractivity contribution in [2.24, 2.45) is 5.10 Å². The fourth-order valence-electron chi connectivity index (χ4n) is 4.24. The molecule has 0 bridgehead atoms. The van der Waals surface area contributed by atoms with Crippen LogP contribution in [0.2, 0.25) is 0 Å². The van der Waals surface area contributed by atoms with Crippen LogP contribution < -0.4 is 11.0 Å². The third kappa shape index (κ3) is 4.74. The third-order valence-electron chi connectivity index (χ3n) is 5.95. The van der Waals surface area contributed by atoms with E-state index in [4.69, 9.17) is 4.98 Å². The molecule has 4 aromatic rings. The summed E-state index contributed by atoms with van der Waals surface area (Å²) in [5, 5.41) is 15.3. The molecule has 2 aromatic carbocycles. The molecule has 5 rings (SSSR count). The molecule has 0 unspecified atom stereocenters. The molecule has 0 radical (unpaired) electrons. The first-order chi connectivity index (χ1) is 17.0. The summed E-state index contributed by atoms with van der Waals surface area (Å²) in [6.07, 6.45) is 4.11. The maximum atomic E-state index is 13.7. The molecular formula is C26H24N4O3S2. The van der Waals surface area contributed by atoms with Crippen molar-refractivity contribution in [3.05, 3.63) is 81.0 Å². The normalized spacial score (nSPS) is 13.6. The van der Waals surface area contributed by atoms with Crippen molar-refractivity contribution in [3.63, 3.8) is 0 Å². The largest absolute Gasteiger partial charge is 0.507 e. The van der Waals surface area contributed by atoms with E-state index in [0.29, 0.717) is 21.8 Å². The first-order valence-corrected chi connectivity index (χ1v) is 13.2. The number of thioether (sulfide) groups is 1. The molecule has 7 nitrogen and oxygen atoms in total. The molecular weight excluding hydrogens is 480 g/mol. The highest BCUT2D eigenvalue weighted by atomic mass is 32.2. The number of aryl methyl sites for hydroxylation is 2. The van der Waals surface area contributed by atoms with Gasteiger partial charge in [-0.05, 0) is 62.4 Å². The molecule has 0 atom stereocenters. The molecule has 9 heteroatoms. The van der Waals surface area contributed by atoms with Gasteiger partial charge in [-0.3, -0.25) is 14.2 Å². The highest BCUT2D eigenvalue weighted by Gasteiger charge is 2.23. The Morgan fingerprint density at radius 3 is 2.69 bits per heavy atom. The molecule has 0 saturated carbocycles. The number of nitrogens with zero attached hydrogens (tertiary/aromatic N) is 3. The summed E-state index contributed by atoms with van der Waals surface area (Å²) in [4.78, 5) is 33.1. The van der Waals surface area contributed by atoms with E-state index in [-0.39, 0.29) is 23.0 Å². The Kier molecular flexibility index (Phi) is 6.70. The number of aromatic nitrogens is 2. The Morgan fingerprint density at radius 1 is 1.14 bits per heavy atom. The van der Waals surface area contributed by atoms with Gasteiger partial charge in [0.1, 0.15) is 10.6 Å². The highest BCUT2D eigenvalue weighted by molar-refractivity contribution is 7.99. The first-order valence-electron chi connectivity index (χ1n) is 11.4. The Hall–Kier alpha value is -3.43. The number of hydrogen-bond acceptors (Lipinski definition) is 7. The molecule has 1 aliphatic rings. The van der Waals surface area contributed by atoms with Gasteiger partial charge >= 0.3 is 0 Å². The van der Waals surface area contributed by atoms with Crippen molar-refractivity contribution in [2.75, 3.05) is 5.75 Å². The Labute approximate surface area is 210 Å². The molecule has 0 fully saturated rings. The number of phenols is 1. The number of benzene rings is 2. The summed E-state index contributed by atoms with van der Waals surface area (Å²) in [6, 6.07) is 16.2. The minimum atomic E-state index is -0.329. The van der Waals surface area contributed by atoms with Crippen molar-refractivity contribution in [2.45, 2.75) is 37.8 Å². The van der Waals surface area contributed by atoms with Crippen LogP contribution in [0.5, 0.6) is 5.75 Å². The van der Waals surface area contributed by atoms with E-state index >= 15 is 0 Å². The number of para-hydroxylation sites is 2.